The van der Waals surface area contributed by atoms with Crippen molar-refractivity contribution in [3.63, 3.8) is 0 Å². The number of carbonyl (C=O) groups excluding carboxylic acids is 1. The zero-order valence-corrected chi connectivity index (χ0v) is 11.2. The highest BCUT2D eigenvalue weighted by atomic mass is 16.5. The number of carbonyl (C=O) groups is 1. The molecule has 0 aliphatic rings. The standard InChI is InChI=1S/C14H22N2O2/c1-10(2)12(18-3)9-16-14(17)13(15)11-7-5-4-6-8-11/h4-8,10,12-13H,9,15H2,1-3H3,(H,16,17). The average molecular weight is 250 g/mol. The Hall–Kier alpha value is -1.39. The molecule has 3 N–H and O–H groups in total. The summed E-state index contributed by atoms with van der Waals surface area (Å²) in [6.07, 6.45) is 0.0110. The summed E-state index contributed by atoms with van der Waals surface area (Å²) >= 11 is 0. The third-order valence-corrected chi connectivity index (χ3v) is 2.96. The van der Waals surface area contributed by atoms with Crippen LogP contribution in [0.5, 0.6) is 0 Å². The minimum absolute atomic E-state index is 0.0110. The molecular weight excluding hydrogens is 228 g/mol. The van der Waals surface area contributed by atoms with E-state index >= 15 is 0 Å². The number of hydrogen-bond donors (Lipinski definition) is 2. The van der Waals surface area contributed by atoms with Crippen LogP contribution in [-0.2, 0) is 9.53 Å². The summed E-state index contributed by atoms with van der Waals surface area (Å²) in [7, 11) is 1.65. The Labute approximate surface area is 109 Å². The van der Waals surface area contributed by atoms with Crippen LogP contribution in [0.25, 0.3) is 0 Å². The summed E-state index contributed by atoms with van der Waals surface area (Å²) in [6.45, 7) is 4.59. The van der Waals surface area contributed by atoms with Gasteiger partial charge in [-0.2, -0.15) is 0 Å². The van der Waals surface area contributed by atoms with Crippen molar-refractivity contribution in [2.24, 2.45) is 11.7 Å². The second kappa shape index (κ2) is 7.13. The van der Waals surface area contributed by atoms with E-state index in [1.807, 2.05) is 30.3 Å². The van der Waals surface area contributed by atoms with Crippen LogP contribution >= 0.6 is 0 Å². The van der Waals surface area contributed by atoms with Gasteiger partial charge in [-0.15, -0.1) is 0 Å². The van der Waals surface area contributed by atoms with Crippen molar-refractivity contribution in [2.45, 2.75) is 26.0 Å². The van der Waals surface area contributed by atoms with Gasteiger partial charge in [0.05, 0.1) is 6.10 Å². The smallest absolute Gasteiger partial charge is 0.241 e. The van der Waals surface area contributed by atoms with Crippen LogP contribution in [-0.4, -0.2) is 25.7 Å². The molecule has 2 atom stereocenters. The van der Waals surface area contributed by atoms with E-state index in [-0.39, 0.29) is 12.0 Å². The van der Waals surface area contributed by atoms with Gasteiger partial charge in [-0.25, -0.2) is 0 Å². The maximum atomic E-state index is 11.9. The van der Waals surface area contributed by atoms with Crippen molar-refractivity contribution < 1.29 is 9.53 Å². The molecule has 1 aromatic rings. The third kappa shape index (κ3) is 4.13. The molecule has 100 valence electrons. The summed E-state index contributed by atoms with van der Waals surface area (Å²) in [5, 5.41) is 2.82. The minimum atomic E-state index is -0.629. The quantitative estimate of drug-likeness (QED) is 0.803. The summed E-state index contributed by atoms with van der Waals surface area (Å²) in [5.74, 6) is 0.173. The van der Waals surface area contributed by atoms with E-state index in [1.54, 1.807) is 7.11 Å². The van der Waals surface area contributed by atoms with Crippen molar-refractivity contribution >= 4 is 5.91 Å². The van der Waals surface area contributed by atoms with Crippen molar-refractivity contribution in [1.29, 1.82) is 0 Å². The summed E-state index contributed by atoms with van der Waals surface area (Å²) < 4.78 is 5.29. The Bertz CT molecular complexity index is 365. The second-order valence-electron chi connectivity index (χ2n) is 4.65. The molecule has 4 nitrogen and oxygen atoms in total. The lowest BCUT2D eigenvalue weighted by molar-refractivity contribution is -0.123. The van der Waals surface area contributed by atoms with Gasteiger partial charge in [0.15, 0.2) is 0 Å². The van der Waals surface area contributed by atoms with Gasteiger partial charge in [-0.05, 0) is 11.5 Å². The van der Waals surface area contributed by atoms with Gasteiger partial charge in [0.1, 0.15) is 6.04 Å². The molecule has 0 fully saturated rings. The minimum Gasteiger partial charge on any atom is -0.379 e. The highest BCUT2D eigenvalue weighted by Crippen LogP contribution is 2.10. The Balaban J connectivity index is 2.51. The lowest BCUT2D eigenvalue weighted by Crippen LogP contribution is -2.40. The molecule has 1 aromatic carbocycles. The van der Waals surface area contributed by atoms with Crippen molar-refractivity contribution in [1.82, 2.24) is 5.32 Å². The summed E-state index contributed by atoms with van der Waals surface area (Å²) in [5.41, 5.74) is 6.70. The highest BCUT2D eigenvalue weighted by molar-refractivity contribution is 5.82. The third-order valence-electron chi connectivity index (χ3n) is 2.96. The number of nitrogens with one attached hydrogen (secondary N) is 1. The van der Waals surface area contributed by atoms with Gasteiger partial charge in [-0.1, -0.05) is 44.2 Å². The van der Waals surface area contributed by atoms with Crippen LogP contribution < -0.4 is 11.1 Å². The first-order chi connectivity index (χ1) is 8.56. The monoisotopic (exact) mass is 250 g/mol. The van der Waals surface area contributed by atoms with Gasteiger partial charge in [-0.3, -0.25) is 4.79 Å². The molecule has 0 saturated heterocycles. The molecule has 0 spiro atoms. The first-order valence-electron chi connectivity index (χ1n) is 6.17. The van der Waals surface area contributed by atoms with Gasteiger partial charge in [0.25, 0.3) is 0 Å². The Morgan fingerprint density at radius 2 is 1.94 bits per heavy atom. The fourth-order valence-corrected chi connectivity index (χ4v) is 1.71. The van der Waals surface area contributed by atoms with Gasteiger partial charge >= 0.3 is 0 Å². The van der Waals surface area contributed by atoms with Crippen molar-refractivity contribution in [3.05, 3.63) is 35.9 Å². The largest absolute Gasteiger partial charge is 0.379 e. The normalized spacial score (nSPS) is 14.3. The topological polar surface area (TPSA) is 64.3 Å². The molecule has 0 aromatic heterocycles. The zero-order chi connectivity index (χ0) is 13.5. The van der Waals surface area contributed by atoms with Gasteiger partial charge in [0, 0.05) is 13.7 Å². The number of rotatable bonds is 6. The SMILES string of the molecule is COC(CNC(=O)C(N)c1ccccc1)C(C)C. The van der Waals surface area contributed by atoms with Crippen LogP contribution in [0.15, 0.2) is 30.3 Å². The number of nitrogens with two attached hydrogens (primary N) is 1. The number of benzene rings is 1. The lowest BCUT2D eigenvalue weighted by atomic mass is 10.1. The van der Waals surface area contributed by atoms with E-state index in [2.05, 4.69) is 19.2 Å². The maximum absolute atomic E-state index is 11.9. The van der Waals surface area contributed by atoms with E-state index in [9.17, 15) is 4.79 Å². The number of hydrogen-bond acceptors (Lipinski definition) is 3. The Kier molecular flexibility index (Phi) is 5.82. The van der Waals surface area contributed by atoms with Crippen LogP contribution in [0, 0.1) is 5.92 Å². The lowest BCUT2D eigenvalue weighted by Gasteiger charge is -2.21. The summed E-state index contributed by atoms with van der Waals surface area (Å²) in [4.78, 5) is 11.9. The van der Waals surface area contributed by atoms with Crippen LogP contribution in [0.3, 0.4) is 0 Å². The first kappa shape index (κ1) is 14.7. The van der Waals surface area contributed by atoms with E-state index in [0.29, 0.717) is 12.5 Å². The van der Waals surface area contributed by atoms with Gasteiger partial charge in [0.2, 0.25) is 5.91 Å². The molecule has 0 bridgehead atoms. The molecule has 0 aliphatic heterocycles. The molecule has 18 heavy (non-hydrogen) atoms. The molecule has 0 radical (unpaired) electrons. The van der Waals surface area contributed by atoms with Crippen molar-refractivity contribution in [3.8, 4) is 0 Å². The molecule has 1 rings (SSSR count). The van der Waals surface area contributed by atoms with Crippen LogP contribution in [0.4, 0.5) is 0 Å². The summed E-state index contributed by atoms with van der Waals surface area (Å²) in [6, 6.07) is 8.70. The average Bonchev–Trinajstić information content (AvgIpc) is 2.39. The van der Waals surface area contributed by atoms with Crippen LogP contribution in [0.1, 0.15) is 25.5 Å². The molecule has 0 heterocycles. The zero-order valence-electron chi connectivity index (χ0n) is 11.2. The fraction of sp³-hybridized carbons (Fsp3) is 0.500. The second-order valence-corrected chi connectivity index (χ2v) is 4.65. The Morgan fingerprint density at radius 1 is 1.33 bits per heavy atom. The Morgan fingerprint density at radius 3 is 2.44 bits per heavy atom. The molecule has 0 saturated carbocycles. The van der Waals surface area contributed by atoms with Crippen molar-refractivity contribution in [2.75, 3.05) is 13.7 Å². The fourth-order valence-electron chi connectivity index (χ4n) is 1.71. The first-order valence-corrected chi connectivity index (χ1v) is 6.17. The maximum Gasteiger partial charge on any atom is 0.241 e. The van der Waals surface area contributed by atoms with Crippen LogP contribution in [0.2, 0.25) is 0 Å². The molecule has 1 amide bonds. The van der Waals surface area contributed by atoms with E-state index in [1.165, 1.54) is 0 Å². The highest BCUT2D eigenvalue weighted by Gasteiger charge is 2.18. The van der Waals surface area contributed by atoms with E-state index < -0.39 is 6.04 Å². The predicted octanol–water partition coefficient (Wildman–Crippen LogP) is 1.47. The molecule has 4 heteroatoms. The molecule has 2 unspecified atom stereocenters. The van der Waals surface area contributed by atoms with E-state index in [0.717, 1.165) is 5.56 Å². The number of methoxy groups -OCH3 is 1. The molecule has 0 aliphatic carbocycles. The molecular formula is C14H22N2O2. The number of amides is 1. The van der Waals surface area contributed by atoms with E-state index in [4.69, 9.17) is 10.5 Å². The number of ether oxygens (including phenoxy) is 1. The van der Waals surface area contributed by atoms with Gasteiger partial charge < -0.3 is 15.8 Å². The predicted molar refractivity (Wildman–Crippen MR) is 72.0 cm³/mol.